The van der Waals surface area contributed by atoms with Crippen molar-refractivity contribution in [3.05, 3.63) is 12.7 Å². The molecule has 1 heterocycles. The van der Waals surface area contributed by atoms with E-state index in [-0.39, 0.29) is 7.43 Å². The van der Waals surface area contributed by atoms with Crippen molar-refractivity contribution in [1.29, 1.82) is 0 Å². The van der Waals surface area contributed by atoms with E-state index < -0.39 is 5.97 Å². The summed E-state index contributed by atoms with van der Waals surface area (Å²) in [6, 6.07) is 0.731. The summed E-state index contributed by atoms with van der Waals surface area (Å²) in [6.45, 7) is 20.9. The average Bonchev–Trinajstić information content (AvgIpc) is 3.09. The van der Waals surface area contributed by atoms with E-state index in [1.165, 1.54) is 25.8 Å². The van der Waals surface area contributed by atoms with Crippen LogP contribution in [0.15, 0.2) is 12.7 Å². The number of carboxylic acid groups (broad SMARTS) is 1. The molecule has 0 saturated carbocycles. The quantitative estimate of drug-likeness (QED) is 0.543. The van der Waals surface area contributed by atoms with Gasteiger partial charge in [0.25, 0.3) is 5.97 Å². The summed E-state index contributed by atoms with van der Waals surface area (Å²) in [7, 11) is 0. The Bertz CT molecular complexity index is 217. The van der Waals surface area contributed by atoms with E-state index in [0.29, 0.717) is 6.10 Å². The summed E-state index contributed by atoms with van der Waals surface area (Å²) in [5, 5.41) is 10.9. The third-order valence-electron chi connectivity index (χ3n) is 2.89. The molecular weight excluding hydrogens is 314 g/mol. The zero-order valence-electron chi connectivity index (χ0n) is 17.7. The third kappa shape index (κ3) is 39.7. The molecule has 0 amide bonds. The number of carbonyl (C=O) groups is 1. The second-order valence-electron chi connectivity index (χ2n) is 4.82. The molecule has 1 aliphatic heterocycles. The molecule has 4 nitrogen and oxygen atoms in total. The predicted octanol–water partition coefficient (Wildman–Crippen LogP) is 6.31. The SMILES string of the molecule is C.C=CC.CC.CC.CC(=O)O.CCC(CC)OCCC1CCCN1. The van der Waals surface area contributed by atoms with Crippen molar-refractivity contribution in [3.63, 3.8) is 0 Å². The Morgan fingerprint density at radius 3 is 1.96 bits per heavy atom. The minimum absolute atomic E-state index is 0. The zero-order chi connectivity index (χ0) is 19.8. The topological polar surface area (TPSA) is 58.6 Å². The van der Waals surface area contributed by atoms with Gasteiger partial charge >= 0.3 is 0 Å². The van der Waals surface area contributed by atoms with Gasteiger partial charge in [0.15, 0.2) is 0 Å². The molecule has 0 aromatic heterocycles. The highest BCUT2D eigenvalue weighted by Crippen LogP contribution is 2.10. The van der Waals surface area contributed by atoms with Crippen LogP contribution >= 0.6 is 0 Å². The van der Waals surface area contributed by atoms with E-state index in [2.05, 4.69) is 25.7 Å². The van der Waals surface area contributed by atoms with E-state index in [0.717, 1.165) is 32.4 Å². The van der Waals surface area contributed by atoms with Crippen molar-refractivity contribution in [2.24, 2.45) is 0 Å². The molecule has 0 spiro atoms. The molecule has 1 rings (SSSR count). The molecular formula is C21H49NO3. The minimum Gasteiger partial charge on any atom is -0.481 e. The average molecular weight is 364 g/mol. The Kier molecular flexibility index (Phi) is 48.6. The van der Waals surface area contributed by atoms with Crippen LogP contribution in [0.25, 0.3) is 0 Å². The van der Waals surface area contributed by atoms with Crippen LogP contribution in [0.1, 0.15) is 94.9 Å². The second kappa shape index (κ2) is 34.5. The lowest BCUT2D eigenvalue weighted by molar-refractivity contribution is -0.134. The molecule has 0 aromatic carbocycles. The molecule has 2 N–H and O–H groups in total. The zero-order valence-corrected chi connectivity index (χ0v) is 17.7. The summed E-state index contributed by atoms with van der Waals surface area (Å²) in [5.41, 5.74) is 0. The molecule has 1 unspecified atom stereocenters. The summed E-state index contributed by atoms with van der Waals surface area (Å²) < 4.78 is 5.76. The number of rotatable bonds is 6. The van der Waals surface area contributed by atoms with Crippen LogP contribution in [0, 0.1) is 0 Å². The molecule has 0 aliphatic carbocycles. The Balaban J connectivity index is -0.0000000936. The Labute approximate surface area is 159 Å². The van der Waals surface area contributed by atoms with Gasteiger partial charge in [0.2, 0.25) is 0 Å². The fraction of sp³-hybridized carbons (Fsp3) is 0.857. The maximum Gasteiger partial charge on any atom is 0.300 e. The molecule has 1 fully saturated rings. The first-order valence-electron chi connectivity index (χ1n) is 9.63. The smallest absolute Gasteiger partial charge is 0.300 e. The van der Waals surface area contributed by atoms with Gasteiger partial charge in [-0.1, -0.05) is 55.0 Å². The first kappa shape index (κ1) is 35.3. The summed E-state index contributed by atoms with van der Waals surface area (Å²) in [5.74, 6) is -0.833. The lowest BCUT2D eigenvalue weighted by Crippen LogP contribution is -2.24. The summed E-state index contributed by atoms with van der Waals surface area (Å²) in [4.78, 5) is 9.00. The van der Waals surface area contributed by atoms with E-state index in [4.69, 9.17) is 14.6 Å². The van der Waals surface area contributed by atoms with Crippen molar-refractivity contribution in [2.75, 3.05) is 13.2 Å². The maximum absolute atomic E-state index is 9.00. The molecule has 0 bridgehead atoms. The second-order valence-corrected chi connectivity index (χ2v) is 4.82. The van der Waals surface area contributed by atoms with E-state index >= 15 is 0 Å². The van der Waals surface area contributed by atoms with Gasteiger partial charge in [-0.05, 0) is 45.6 Å². The number of ether oxygens (including phenoxy) is 1. The van der Waals surface area contributed by atoms with Crippen LogP contribution in [0.3, 0.4) is 0 Å². The third-order valence-corrected chi connectivity index (χ3v) is 2.89. The highest BCUT2D eigenvalue weighted by Gasteiger charge is 2.13. The molecule has 1 atom stereocenters. The van der Waals surface area contributed by atoms with Gasteiger partial charge in [0, 0.05) is 19.6 Å². The van der Waals surface area contributed by atoms with Gasteiger partial charge in [-0.3, -0.25) is 4.79 Å². The van der Waals surface area contributed by atoms with Crippen LogP contribution in [0.2, 0.25) is 0 Å². The normalized spacial score (nSPS) is 13.9. The molecule has 0 aromatic rings. The number of hydrogen-bond donors (Lipinski definition) is 2. The molecule has 0 radical (unpaired) electrons. The Morgan fingerprint density at radius 2 is 1.68 bits per heavy atom. The Hall–Kier alpha value is -0.870. The lowest BCUT2D eigenvalue weighted by Gasteiger charge is -2.15. The number of carboxylic acids is 1. The van der Waals surface area contributed by atoms with Crippen LogP contribution in [0.5, 0.6) is 0 Å². The fourth-order valence-electron chi connectivity index (χ4n) is 1.90. The van der Waals surface area contributed by atoms with Crippen LogP contribution in [-0.4, -0.2) is 36.4 Å². The molecule has 1 saturated heterocycles. The lowest BCUT2D eigenvalue weighted by atomic mass is 10.1. The molecule has 156 valence electrons. The number of hydrogen-bond acceptors (Lipinski definition) is 3. The van der Waals surface area contributed by atoms with Crippen molar-refractivity contribution in [1.82, 2.24) is 5.32 Å². The summed E-state index contributed by atoms with van der Waals surface area (Å²) >= 11 is 0. The van der Waals surface area contributed by atoms with Crippen molar-refractivity contribution in [3.8, 4) is 0 Å². The first-order chi connectivity index (χ1) is 11.5. The minimum atomic E-state index is -0.833. The monoisotopic (exact) mass is 363 g/mol. The van der Waals surface area contributed by atoms with Crippen LogP contribution in [-0.2, 0) is 9.53 Å². The number of aliphatic carboxylic acids is 1. The van der Waals surface area contributed by atoms with Gasteiger partial charge in [0.1, 0.15) is 0 Å². The largest absolute Gasteiger partial charge is 0.481 e. The van der Waals surface area contributed by atoms with E-state index in [9.17, 15) is 0 Å². The van der Waals surface area contributed by atoms with Gasteiger partial charge in [-0.2, -0.15) is 0 Å². The van der Waals surface area contributed by atoms with E-state index in [1.807, 2.05) is 34.6 Å². The molecule has 1 aliphatic rings. The highest BCUT2D eigenvalue weighted by molar-refractivity contribution is 5.62. The molecule has 4 heteroatoms. The standard InChI is InChI=1S/C11H23NO.C3H6.C2H4O2.2C2H6.CH4/c1-3-11(4-2)13-9-7-10-6-5-8-12-10;1-3-2;1-2(3)4;2*1-2;/h10-12H,3-9H2,1-2H3;3H,1H2,2H3;1H3,(H,3,4);2*1-2H3;1H4. The highest BCUT2D eigenvalue weighted by atomic mass is 16.5. The van der Waals surface area contributed by atoms with Crippen molar-refractivity contribution < 1.29 is 14.6 Å². The summed E-state index contributed by atoms with van der Waals surface area (Å²) in [6.07, 6.45) is 8.41. The fourth-order valence-corrected chi connectivity index (χ4v) is 1.90. The maximum atomic E-state index is 9.00. The molecule has 25 heavy (non-hydrogen) atoms. The van der Waals surface area contributed by atoms with Gasteiger partial charge < -0.3 is 15.2 Å². The predicted molar refractivity (Wildman–Crippen MR) is 115 cm³/mol. The first-order valence-corrected chi connectivity index (χ1v) is 9.63. The van der Waals surface area contributed by atoms with Gasteiger partial charge in [-0.15, -0.1) is 6.58 Å². The number of allylic oxidation sites excluding steroid dienone is 1. The van der Waals surface area contributed by atoms with Gasteiger partial charge in [-0.25, -0.2) is 0 Å². The number of nitrogens with one attached hydrogen (secondary N) is 1. The van der Waals surface area contributed by atoms with Crippen molar-refractivity contribution in [2.45, 2.75) is 107 Å². The van der Waals surface area contributed by atoms with E-state index in [1.54, 1.807) is 6.08 Å². The van der Waals surface area contributed by atoms with Gasteiger partial charge in [0.05, 0.1) is 6.10 Å². The van der Waals surface area contributed by atoms with Crippen molar-refractivity contribution >= 4 is 5.97 Å². The van der Waals surface area contributed by atoms with Crippen LogP contribution < -0.4 is 5.32 Å². The Morgan fingerprint density at radius 1 is 1.28 bits per heavy atom. The van der Waals surface area contributed by atoms with Crippen LogP contribution in [0.4, 0.5) is 0 Å².